The van der Waals surface area contributed by atoms with Crippen LogP contribution in [0.5, 0.6) is 0 Å². The molecule has 0 aliphatic carbocycles. The monoisotopic (exact) mass is 251 g/mol. The van der Waals surface area contributed by atoms with Crippen molar-refractivity contribution in [2.45, 2.75) is 26.8 Å². The maximum Gasteiger partial charge on any atom is 0.186 e. The number of aryl methyl sites for hydroxylation is 2. The van der Waals surface area contributed by atoms with Crippen LogP contribution in [0.25, 0.3) is 0 Å². The van der Waals surface area contributed by atoms with Crippen LogP contribution in [0.3, 0.4) is 0 Å². The van der Waals surface area contributed by atoms with Gasteiger partial charge in [0.1, 0.15) is 6.33 Å². The maximum absolute atomic E-state index is 13.8. The van der Waals surface area contributed by atoms with Gasteiger partial charge >= 0.3 is 0 Å². The molecular weight excluding hydrogens is 237 g/mol. The van der Waals surface area contributed by atoms with Crippen LogP contribution in [-0.2, 0) is 13.0 Å². The molecule has 1 N–H and O–H groups in total. The highest BCUT2D eigenvalue weighted by Gasteiger charge is 2.09. The first-order valence-corrected chi connectivity index (χ1v) is 6.31. The van der Waals surface area contributed by atoms with E-state index in [0.29, 0.717) is 18.7 Å². The zero-order valence-electron chi connectivity index (χ0n) is 9.83. The highest BCUT2D eigenvalue weighted by molar-refractivity contribution is 7.11. The van der Waals surface area contributed by atoms with E-state index >= 15 is 0 Å². The van der Waals surface area contributed by atoms with Crippen molar-refractivity contribution in [3.63, 3.8) is 0 Å². The number of anilines is 1. The summed E-state index contributed by atoms with van der Waals surface area (Å²) in [5, 5.41) is 3.00. The van der Waals surface area contributed by atoms with Gasteiger partial charge in [-0.3, -0.25) is 0 Å². The molecule has 0 radical (unpaired) electrons. The van der Waals surface area contributed by atoms with Crippen LogP contribution < -0.4 is 5.32 Å². The van der Waals surface area contributed by atoms with Crippen molar-refractivity contribution in [3.05, 3.63) is 39.7 Å². The molecular formula is C12H14FN3S. The lowest BCUT2D eigenvalue weighted by Crippen LogP contribution is -2.05. The molecule has 0 atom stereocenters. The normalized spacial score (nSPS) is 10.5. The molecule has 0 fully saturated rings. The Bertz CT molecular complexity index is 510. The molecule has 2 rings (SSSR count). The van der Waals surface area contributed by atoms with E-state index in [1.54, 1.807) is 11.3 Å². The molecule has 0 aromatic carbocycles. The number of thiophene rings is 1. The molecule has 0 unspecified atom stereocenters. The van der Waals surface area contributed by atoms with E-state index in [1.165, 1.54) is 16.1 Å². The molecule has 3 nitrogen and oxygen atoms in total. The highest BCUT2D eigenvalue weighted by Crippen LogP contribution is 2.18. The Morgan fingerprint density at radius 2 is 2.18 bits per heavy atom. The summed E-state index contributed by atoms with van der Waals surface area (Å²) >= 11 is 1.69. The van der Waals surface area contributed by atoms with E-state index in [-0.39, 0.29) is 11.6 Å². The van der Waals surface area contributed by atoms with E-state index in [4.69, 9.17) is 0 Å². The van der Waals surface area contributed by atoms with E-state index in [9.17, 15) is 4.39 Å². The summed E-state index contributed by atoms with van der Waals surface area (Å²) in [6, 6.07) is 4.09. The lowest BCUT2D eigenvalue weighted by atomic mass is 10.3. The lowest BCUT2D eigenvalue weighted by Gasteiger charge is -2.06. The lowest BCUT2D eigenvalue weighted by molar-refractivity contribution is 0.597. The Balaban J connectivity index is 2.09. The van der Waals surface area contributed by atoms with E-state index in [0.717, 1.165) is 0 Å². The SMILES string of the molecule is CCc1ncnc(NCc2ccc(C)s2)c1F. The molecule has 2 aromatic heterocycles. The Morgan fingerprint density at radius 1 is 1.35 bits per heavy atom. The minimum absolute atomic E-state index is 0.280. The first-order chi connectivity index (χ1) is 8.20. The van der Waals surface area contributed by atoms with Gasteiger partial charge in [0.2, 0.25) is 0 Å². The summed E-state index contributed by atoms with van der Waals surface area (Å²) in [5.74, 6) is -0.0637. The molecule has 0 amide bonds. The standard InChI is InChI=1S/C12H14FN3S/c1-3-10-11(13)12(16-7-15-10)14-6-9-5-4-8(2)17-9/h4-5,7H,3,6H2,1-2H3,(H,14,15,16). The van der Waals surface area contributed by atoms with Gasteiger partial charge in [0, 0.05) is 9.75 Å². The molecule has 5 heteroatoms. The fraction of sp³-hybridized carbons (Fsp3) is 0.333. The molecule has 0 bridgehead atoms. The molecule has 2 heterocycles. The summed E-state index contributed by atoms with van der Waals surface area (Å²) in [4.78, 5) is 10.2. The summed E-state index contributed by atoms with van der Waals surface area (Å²) in [5.41, 5.74) is 0.449. The second-order valence-corrected chi connectivity index (χ2v) is 5.07. The Labute approximate surface area is 104 Å². The Hall–Kier alpha value is -1.49. The van der Waals surface area contributed by atoms with Crippen molar-refractivity contribution in [3.8, 4) is 0 Å². The number of hydrogen-bond acceptors (Lipinski definition) is 4. The first kappa shape index (κ1) is 12.0. The molecule has 0 saturated carbocycles. The second-order valence-electron chi connectivity index (χ2n) is 3.70. The van der Waals surface area contributed by atoms with Gasteiger partial charge in [-0.15, -0.1) is 11.3 Å². The van der Waals surface area contributed by atoms with Crippen LogP contribution in [0.4, 0.5) is 10.2 Å². The second kappa shape index (κ2) is 5.23. The molecule has 90 valence electrons. The van der Waals surface area contributed by atoms with Crippen LogP contribution in [0.15, 0.2) is 18.5 Å². The highest BCUT2D eigenvalue weighted by atomic mass is 32.1. The molecule has 17 heavy (non-hydrogen) atoms. The average Bonchev–Trinajstić information content (AvgIpc) is 2.74. The van der Waals surface area contributed by atoms with Crippen molar-refractivity contribution >= 4 is 17.2 Å². The van der Waals surface area contributed by atoms with Gasteiger partial charge in [-0.05, 0) is 25.5 Å². The summed E-state index contributed by atoms with van der Waals surface area (Å²) < 4.78 is 13.8. The van der Waals surface area contributed by atoms with Crippen molar-refractivity contribution in [2.24, 2.45) is 0 Å². The fourth-order valence-electron chi connectivity index (χ4n) is 1.53. The van der Waals surface area contributed by atoms with Gasteiger partial charge in [0.25, 0.3) is 0 Å². The number of aromatic nitrogens is 2. The van der Waals surface area contributed by atoms with Crippen LogP contribution in [-0.4, -0.2) is 9.97 Å². The van der Waals surface area contributed by atoms with Crippen LogP contribution >= 0.6 is 11.3 Å². The zero-order chi connectivity index (χ0) is 12.3. The van der Waals surface area contributed by atoms with Crippen molar-refractivity contribution in [1.82, 2.24) is 9.97 Å². The minimum Gasteiger partial charge on any atom is -0.363 e. The number of nitrogens with one attached hydrogen (secondary N) is 1. The van der Waals surface area contributed by atoms with Crippen LogP contribution in [0.2, 0.25) is 0 Å². The smallest absolute Gasteiger partial charge is 0.186 e. The minimum atomic E-state index is -0.344. The number of nitrogens with zero attached hydrogens (tertiary/aromatic N) is 2. The van der Waals surface area contributed by atoms with E-state index < -0.39 is 0 Å². The third-order valence-electron chi connectivity index (χ3n) is 2.42. The molecule has 0 spiro atoms. The van der Waals surface area contributed by atoms with Crippen molar-refractivity contribution in [1.29, 1.82) is 0 Å². The van der Waals surface area contributed by atoms with Gasteiger partial charge in [0.05, 0.1) is 12.2 Å². The summed E-state index contributed by atoms with van der Waals surface area (Å²) in [6.07, 6.45) is 1.96. The van der Waals surface area contributed by atoms with Crippen LogP contribution in [0, 0.1) is 12.7 Å². The largest absolute Gasteiger partial charge is 0.363 e. The van der Waals surface area contributed by atoms with Gasteiger partial charge in [-0.25, -0.2) is 14.4 Å². The maximum atomic E-state index is 13.8. The average molecular weight is 251 g/mol. The van der Waals surface area contributed by atoms with Gasteiger partial charge in [-0.2, -0.15) is 0 Å². The van der Waals surface area contributed by atoms with Gasteiger partial charge < -0.3 is 5.32 Å². The number of rotatable bonds is 4. The quantitative estimate of drug-likeness (QED) is 0.907. The molecule has 0 saturated heterocycles. The third-order valence-corrected chi connectivity index (χ3v) is 3.42. The summed E-state index contributed by atoms with van der Waals surface area (Å²) in [7, 11) is 0. The summed E-state index contributed by atoms with van der Waals surface area (Å²) in [6.45, 7) is 4.52. The van der Waals surface area contributed by atoms with E-state index in [1.807, 2.05) is 13.0 Å². The Kier molecular flexibility index (Phi) is 3.68. The molecule has 0 aliphatic rings. The zero-order valence-corrected chi connectivity index (χ0v) is 10.6. The van der Waals surface area contributed by atoms with E-state index in [2.05, 4.69) is 28.3 Å². The van der Waals surface area contributed by atoms with Gasteiger partial charge in [-0.1, -0.05) is 6.92 Å². The van der Waals surface area contributed by atoms with Gasteiger partial charge in [0.15, 0.2) is 11.6 Å². The van der Waals surface area contributed by atoms with Crippen LogP contribution in [0.1, 0.15) is 22.4 Å². The predicted molar refractivity (Wildman–Crippen MR) is 67.8 cm³/mol. The molecule has 2 aromatic rings. The molecule has 0 aliphatic heterocycles. The van der Waals surface area contributed by atoms with Crippen molar-refractivity contribution < 1.29 is 4.39 Å². The fourth-order valence-corrected chi connectivity index (χ4v) is 2.36. The topological polar surface area (TPSA) is 37.8 Å². The Morgan fingerprint density at radius 3 is 2.82 bits per heavy atom. The number of hydrogen-bond donors (Lipinski definition) is 1. The third kappa shape index (κ3) is 2.79. The van der Waals surface area contributed by atoms with Crippen molar-refractivity contribution in [2.75, 3.05) is 5.32 Å². The first-order valence-electron chi connectivity index (χ1n) is 5.49. The number of halogens is 1. The predicted octanol–water partition coefficient (Wildman–Crippen LogP) is 3.16.